The van der Waals surface area contributed by atoms with Gasteiger partial charge in [0.25, 0.3) is 0 Å². The molecule has 0 bridgehead atoms. The van der Waals surface area contributed by atoms with Crippen LogP contribution in [0.25, 0.3) is 10.8 Å². The number of fused-ring (bicyclic) bond motifs is 1. The van der Waals surface area contributed by atoms with Crippen LogP contribution >= 0.6 is 0 Å². The van der Waals surface area contributed by atoms with Crippen LogP contribution in [0.5, 0.6) is 0 Å². The minimum atomic E-state index is 0.880. The van der Waals surface area contributed by atoms with Gasteiger partial charge in [0.2, 0.25) is 0 Å². The summed E-state index contributed by atoms with van der Waals surface area (Å²) in [6.45, 7) is 2.91. The van der Waals surface area contributed by atoms with Crippen molar-refractivity contribution in [3.05, 3.63) is 48.0 Å². The highest BCUT2D eigenvalue weighted by atomic mass is 16.5. The van der Waals surface area contributed by atoms with E-state index in [4.69, 9.17) is 4.74 Å². The summed E-state index contributed by atoms with van der Waals surface area (Å²) in [7, 11) is 1.76. The number of benzene rings is 2. The Labute approximate surface area is 115 Å². The summed E-state index contributed by atoms with van der Waals surface area (Å²) in [5, 5.41) is 6.13. The van der Waals surface area contributed by atoms with Crippen molar-refractivity contribution < 1.29 is 4.74 Å². The monoisotopic (exact) mass is 257 g/mol. The molecule has 0 spiro atoms. The van der Waals surface area contributed by atoms with E-state index in [-0.39, 0.29) is 0 Å². The molecule has 0 saturated heterocycles. The Bertz CT molecular complexity index is 495. The van der Waals surface area contributed by atoms with E-state index in [1.54, 1.807) is 7.11 Å². The lowest BCUT2D eigenvalue weighted by Gasteiger charge is -2.06. The number of hydrogen-bond donors (Lipinski definition) is 1. The first-order valence-electron chi connectivity index (χ1n) is 7.07. The van der Waals surface area contributed by atoms with Gasteiger partial charge >= 0.3 is 0 Å². The van der Waals surface area contributed by atoms with Gasteiger partial charge in [-0.25, -0.2) is 0 Å². The normalized spacial score (nSPS) is 11.0. The molecule has 102 valence electrons. The zero-order valence-corrected chi connectivity index (χ0v) is 11.7. The molecule has 0 amide bonds. The fourth-order valence-corrected chi connectivity index (χ4v) is 2.25. The molecular weight excluding hydrogens is 234 g/mol. The van der Waals surface area contributed by atoms with Gasteiger partial charge < -0.3 is 10.1 Å². The van der Waals surface area contributed by atoms with E-state index in [0.29, 0.717) is 0 Å². The first kappa shape index (κ1) is 14.0. The lowest BCUT2D eigenvalue weighted by atomic mass is 10.1. The van der Waals surface area contributed by atoms with E-state index >= 15 is 0 Å². The summed E-state index contributed by atoms with van der Waals surface area (Å²) in [5.74, 6) is 0. The third-order valence-electron chi connectivity index (χ3n) is 3.35. The first-order valence-corrected chi connectivity index (χ1v) is 7.07. The fourth-order valence-electron chi connectivity index (χ4n) is 2.25. The molecule has 0 atom stereocenters. The Morgan fingerprint density at radius 1 is 0.947 bits per heavy atom. The van der Waals surface area contributed by atoms with Crippen molar-refractivity contribution in [1.29, 1.82) is 0 Å². The molecule has 0 aliphatic rings. The standard InChI is InChI=1S/C17H23NO/c1-19-12-6-2-5-11-18-14-15-9-10-16-7-3-4-8-17(16)13-15/h3-4,7-10,13,18H,2,5-6,11-12,14H2,1H3. The minimum absolute atomic E-state index is 0.880. The van der Waals surface area contributed by atoms with Crippen LogP contribution in [0.15, 0.2) is 42.5 Å². The van der Waals surface area contributed by atoms with E-state index in [0.717, 1.165) is 26.1 Å². The van der Waals surface area contributed by atoms with Crippen molar-refractivity contribution in [2.24, 2.45) is 0 Å². The smallest absolute Gasteiger partial charge is 0.0462 e. The highest BCUT2D eigenvalue weighted by Crippen LogP contribution is 2.15. The molecule has 0 fully saturated rings. The zero-order chi connectivity index (χ0) is 13.3. The van der Waals surface area contributed by atoms with Crippen molar-refractivity contribution in [3.63, 3.8) is 0 Å². The maximum absolute atomic E-state index is 5.04. The maximum Gasteiger partial charge on any atom is 0.0462 e. The van der Waals surface area contributed by atoms with Gasteiger partial charge in [-0.05, 0) is 48.2 Å². The number of rotatable bonds is 8. The van der Waals surface area contributed by atoms with Gasteiger partial charge in [0.15, 0.2) is 0 Å². The fraction of sp³-hybridized carbons (Fsp3) is 0.412. The molecular formula is C17H23NO. The summed E-state index contributed by atoms with van der Waals surface area (Å²) >= 11 is 0. The molecule has 1 N–H and O–H groups in total. The third kappa shape index (κ3) is 4.66. The van der Waals surface area contributed by atoms with Crippen LogP contribution in [0.4, 0.5) is 0 Å². The van der Waals surface area contributed by atoms with Crippen LogP contribution in [0.2, 0.25) is 0 Å². The van der Waals surface area contributed by atoms with Gasteiger partial charge in [0, 0.05) is 20.3 Å². The topological polar surface area (TPSA) is 21.3 Å². The summed E-state index contributed by atoms with van der Waals surface area (Å²) in [6, 6.07) is 15.2. The molecule has 0 heterocycles. The molecule has 2 aromatic rings. The molecule has 2 nitrogen and oxygen atoms in total. The van der Waals surface area contributed by atoms with E-state index in [1.165, 1.54) is 29.2 Å². The quantitative estimate of drug-likeness (QED) is 0.727. The molecule has 0 unspecified atom stereocenters. The Morgan fingerprint density at radius 3 is 2.63 bits per heavy atom. The van der Waals surface area contributed by atoms with Crippen LogP contribution in [-0.4, -0.2) is 20.3 Å². The predicted octanol–water partition coefficient (Wildman–Crippen LogP) is 3.75. The summed E-state index contributed by atoms with van der Waals surface area (Å²) in [5.41, 5.74) is 1.36. The SMILES string of the molecule is COCCCCCNCc1ccc2ccccc2c1. The van der Waals surface area contributed by atoms with Crippen molar-refractivity contribution in [2.75, 3.05) is 20.3 Å². The van der Waals surface area contributed by atoms with Gasteiger partial charge in [-0.3, -0.25) is 0 Å². The number of nitrogens with one attached hydrogen (secondary N) is 1. The number of hydrogen-bond acceptors (Lipinski definition) is 2. The van der Waals surface area contributed by atoms with Crippen LogP contribution in [0.1, 0.15) is 24.8 Å². The van der Waals surface area contributed by atoms with Gasteiger partial charge in [0.05, 0.1) is 0 Å². The third-order valence-corrected chi connectivity index (χ3v) is 3.35. The zero-order valence-electron chi connectivity index (χ0n) is 11.7. The second kappa shape index (κ2) is 7.93. The van der Waals surface area contributed by atoms with E-state index < -0.39 is 0 Å². The van der Waals surface area contributed by atoms with Crippen molar-refractivity contribution in [3.8, 4) is 0 Å². The van der Waals surface area contributed by atoms with Gasteiger partial charge in [-0.2, -0.15) is 0 Å². The number of ether oxygens (including phenoxy) is 1. The van der Waals surface area contributed by atoms with Crippen LogP contribution < -0.4 is 5.32 Å². The van der Waals surface area contributed by atoms with Crippen molar-refractivity contribution >= 4 is 10.8 Å². The summed E-state index contributed by atoms with van der Waals surface area (Å²) < 4.78 is 5.04. The van der Waals surface area contributed by atoms with E-state index in [9.17, 15) is 0 Å². The molecule has 19 heavy (non-hydrogen) atoms. The number of methoxy groups -OCH3 is 1. The van der Waals surface area contributed by atoms with Crippen molar-refractivity contribution in [1.82, 2.24) is 5.32 Å². The largest absolute Gasteiger partial charge is 0.385 e. The van der Waals surface area contributed by atoms with Crippen LogP contribution in [-0.2, 0) is 11.3 Å². The van der Waals surface area contributed by atoms with Crippen LogP contribution in [0, 0.1) is 0 Å². The summed E-state index contributed by atoms with van der Waals surface area (Å²) in [6.07, 6.45) is 3.61. The van der Waals surface area contributed by atoms with Gasteiger partial charge in [0.1, 0.15) is 0 Å². The Kier molecular flexibility index (Phi) is 5.86. The molecule has 0 radical (unpaired) electrons. The average Bonchev–Trinajstić information content (AvgIpc) is 2.46. The second-order valence-corrected chi connectivity index (χ2v) is 4.91. The molecule has 0 aliphatic carbocycles. The Hall–Kier alpha value is -1.38. The van der Waals surface area contributed by atoms with E-state index in [1.807, 2.05) is 0 Å². The van der Waals surface area contributed by atoms with E-state index in [2.05, 4.69) is 47.8 Å². The maximum atomic E-state index is 5.04. The lowest BCUT2D eigenvalue weighted by molar-refractivity contribution is 0.192. The number of unbranched alkanes of at least 4 members (excludes halogenated alkanes) is 2. The molecule has 0 aliphatic heterocycles. The molecule has 0 aromatic heterocycles. The molecule has 0 saturated carbocycles. The van der Waals surface area contributed by atoms with Gasteiger partial charge in [-0.1, -0.05) is 36.4 Å². The lowest BCUT2D eigenvalue weighted by Crippen LogP contribution is -2.14. The highest BCUT2D eigenvalue weighted by molar-refractivity contribution is 5.82. The Morgan fingerprint density at radius 2 is 1.79 bits per heavy atom. The first-order chi connectivity index (χ1) is 9.40. The van der Waals surface area contributed by atoms with Crippen LogP contribution in [0.3, 0.4) is 0 Å². The van der Waals surface area contributed by atoms with Gasteiger partial charge in [-0.15, -0.1) is 0 Å². The van der Waals surface area contributed by atoms with Crippen molar-refractivity contribution in [2.45, 2.75) is 25.8 Å². The highest BCUT2D eigenvalue weighted by Gasteiger charge is 1.96. The Balaban J connectivity index is 1.72. The minimum Gasteiger partial charge on any atom is -0.385 e. The average molecular weight is 257 g/mol. The predicted molar refractivity (Wildman–Crippen MR) is 81.4 cm³/mol. The summed E-state index contributed by atoms with van der Waals surface area (Å²) in [4.78, 5) is 0. The second-order valence-electron chi connectivity index (χ2n) is 4.91. The molecule has 2 aromatic carbocycles. The molecule has 2 heteroatoms. The molecule has 2 rings (SSSR count).